The molecule has 0 unspecified atom stereocenters. The van der Waals surface area contributed by atoms with Gasteiger partial charge >= 0.3 is 0 Å². The molecule has 0 aromatic heterocycles. The van der Waals surface area contributed by atoms with Crippen LogP contribution in [0, 0.1) is 0 Å². The average Bonchev–Trinajstić information content (AvgIpc) is 2.36. The summed E-state index contributed by atoms with van der Waals surface area (Å²) in [6.07, 6.45) is 0. The van der Waals surface area contributed by atoms with Gasteiger partial charge in [-0.2, -0.15) is 0 Å². The van der Waals surface area contributed by atoms with Crippen molar-refractivity contribution in [3.63, 3.8) is 0 Å². The van der Waals surface area contributed by atoms with Crippen molar-refractivity contribution >= 4 is 15.9 Å². The van der Waals surface area contributed by atoms with E-state index in [2.05, 4.69) is 0 Å². The third-order valence-electron chi connectivity index (χ3n) is 2.70. The van der Waals surface area contributed by atoms with Crippen molar-refractivity contribution in [2.24, 2.45) is 0 Å². The van der Waals surface area contributed by atoms with Crippen LogP contribution in [-0.4, -0.2) is 51.2 Å². The molecule has 0 saturated heterocycles. The van der Waals surface area contributed by atoms with Gasteiger partial charge in [-0.25, -0.2) is 12.7 Å². The van der Waals surface area contributed by atoms with E-state index in [-0.39, 0.29) is 10.8 Å². The molecule has 0 aliphatic rings. The van der Waals surface area contributed by atoms with Gasteiger partial charge in [0.2, 0.25) is 10.0 Å². The van der Waals surface area contributed by atoms with Crippen molar-refractivity contribution in [1.82, 2.24) is 9.21 Å². The topological polar surface area (TPSA) is 57.7 Å². The minimum Gasteiger partial charge on any atom is -0.342 e. The second kappa shape index (κ2) is 5.49. The molecule has 18 heavy (non-hydrogen) atoms. The molecule has 0 atom stereocenters. The van der Waals surface area contributed by atoms with Crippen LogP contribution < -0.4 is 0 Å². The molecule has 0 fully saturated rings. The Labute approximate surface area is 108 Å². The number of hydrogen-bond donors (Lipinski definition) is 0. The van der Waals surface area contributed by atoms with Crippen LogP contribution in [0.4, 0.5) is 0 Å². The third kappa shape index (κ3) is 2.88. The Kier molecular flexibility index (Phi) is 4.48. The van der Waals surface area contributed by atoms with E-state index in [1.54, 1.807) is 11.9 Å². The molecular formula is C12H18N2O3S. The molecule has 0 aliphatic carbocycles. The van der Waals surface area contributed by atoms with Gasteiger partial charge in [-0.3, -0.25) is 4.79 Å². The van der Waals surface area contributed by atoms with Crippen molar-refractivity contribution in [3.05, 3.63) is 29.8 Å². The first kappa shape index (κ1) is 14.7. The summed E-state index contributed by atoms with van der Waals surface area (Å²) >= 11 is 0. The molecule has 1 aromatic carbocycles. The molecule has 100 valence electrons. The first-order valence-corrected chi connectivity index (χ1v) is 7.02. The van der Waals surface area contributed by atoms with E-state index < -0.39 is 10.0 Å². The van der Waals surface area contributed by atoms with Crippen molar-refractivity contribution in [2.75, 3.05) is 27.7 Å². The van der Waals surface area contributed by atoms with Gasteiger partial charge in [0.25, 0.3) is 5.91 Å². The zero-order chi connectivity index (χ0) is 13.9. The molecular weight excluding hydrogens is 252 g/mol. The van der Waals surface area contributed by atoms with Gasteiger partial charge in [-0.15, -0.1) is 0 Å². The highest BCUT2D eigenvalue weighted by Crippen LogP contribution is 2.14. The molecule has 6 heteroatoms. The van der Waals surface area contributed by atoms with Gasteiger partial charge in [-0.05, 0) is 31.2 Å². The molecule has 1 rings (SSSR count). The van der Waals surface area contributed by atoms with Crippen LogP contribution in [0.1, 0.15) is 17.3 Å². The van der Waals surface area contributed by atoms with Crippen molar-refractivity contribution in [2.45, 2.75) is 11.8 Å². The number of carbonyl (C=O) groups excluding carboxylic acids is 1. The van der Waals surface area contributed by atoms with Gasteiger partial charge in [0.15, 0.2) is 0 Å². The second-order valence-corrected chi connectivity index (χ2v) is 6.28. The molecule has 0 radical (unpaired) electrons. The van der Waals surface area contributed by atoms with Crippen LogP contribution in [0.5, 0.6) is 0 Å². The summed E-state index contributed by atoms with van der Waals surface area (Å²) in [7, 11) is 1.21. The molecule has 0 heterocycles. The van der Waals surface area contributed by atoms with Crippen LogP contribution in [0.15, 0.2) is 29.2 Å². The monoisotopic (exact) mass is 270 g/mol. The Morgan fingerprint density at radius 2 is 1.61 bits per heavy atom. The summed E-state index contributed by atoms with van der Waals surface area (Å²) in [5, 5.41) is 0. The standard InChI is InChI=1S/C12H18N2O3S/c1-5-14(4)12(15)10-6-8-11(9-7-10)18(16,17)13(2)3/h6-9H,5H2,1-4H3. The third-order valence-corrected chi connectivity index (χ3v) is 4.53. The SMILES string of the molecule is CCN(C)C(=O)c1ccc(S(=O)(=O)N(C)C)cc1. The van der Waals surface area contributed by atoms with Gasteiger partial charge in [0.1, 0.15) is 0 Å². The first-order valence-electron chi connectivity index (χ1n) is 5.58. The highest BCUT2D eigenvalue weighted by Gasteiger charge is 2.18. The number of sulfonamides is 1. The van der Waals surface area contributed by atoms with E-state index >= 15 is 0 Å². The maximum absolute atomic E-state index is 11.8. The van der Waals surface area contributed by atoms with E-state index in [0.717, 1.165) is 4.31 Å². The van der Waals surface area contributed by atoms with Gasteiger partial charge in [0, 0.05) is 33.3 Å². The van der Waals surface area contributed by atoms with E-state index in [4.69, 9.17) is 0 Å². The summed E-state index contributed by atoms with van der Waals surface area (Å²) < 4.78 is 24.8. The van der Waals surface area contributed by atoms with Gasteiger partial charge < -0.3 is 4.90 Å². The molecule has 0 bridgehead atoms. The fourth-order valence-electron chi connectivity index (χ4n) is 1.34. The smallest absolute Gasteiger partial charge is 0.253 e. The van der Waals surface area contributed by atoms with Crippen molar-refractivity contribution in [3.8, 4) is 0 Å². The quantitative estimate of drug-likeness (QED) is 0.821. The minimum atomic E-state index is -3.44. The number of benzene rings is 1. The lowest BCUT2D eigenvalue weighted by Gasteiger charge is -2.15. The van der Waals surface area contributed by atoms with Crippen molar-refractivity contribution in [1.29, 1.82) is 0 Å². The molecule has 5 nitrogen and oxygen atoms in total. The molecule has 1 aromatic rings. The van der Waals surface area contributed by atoms with E-state index in [1.807, 2.05) is 6.92 Å². The second-order valence-electron chi connectivity index (χ2n) is 4.13. The number of amides is 1. The minimum absolute atomic E-state index is 0.119. The predicted octanol–water partition coefficient (Wildman–Crippen LogP) is 1.03. The summed E-state index contributed by atoms with van der Waals surface area (Å²) in [5.41, 5.74) is 0.483. The van der Waals surface area contributed by atoms with Crippen LogP contribution in [0.3, 0.4) is 0 Å². The van der Waals surface area contributed by atoms with E-state index in [1.165, 1.54) is 38.4 Å². The molecule has 0 N–H and O–H groups in total. The van der Waals surface area contributed by atoms with Crippen LogP contribution in [0.2, 0.25) is 0 Å². The Bertz CT molecular complexity index is 521. The lowest BCUT2D eigenvalue weighted by atomic mass is 10.2. The summed E-state index contributed by atoms with van der Waals surface area (Å²) in [5.74, 6) is -0.119. The van der Waals surface area contributed by atoms with Crippen LogP contribution >= 0.6 is 0 Å². The fourth-order valence-corrected chi connectivity index (χ4v) is 2.25. The van der Waals surface area contributed by atoms with E-state index in [0.29, 0.717) is 12.1 Å². The van der Waals surface area contributed by atoms with E-state index in [9.17, 15) is 13.2 Å². The van der Waals surface area contributed by atoms with Gasteiger partial charge in [0.05, 0.1) is 4.90 Å². The summed E-state index contributed by atoms with van der Waals surface area (Å²) in [6.45, 7) is 2.49. The summed E-state index contributed by atoms with van der Waals surface area (Å²) in [4.78, 5) is 13.6. The predicted molar refractivity (Wildman–Crippen MR) is 69.9 cm³/mol. The lowest BCUT2D eigenvalue weighted by Crippen LogP contribution is -2.26. The maximum Gasteiger partial charge on any atom is 0.253 e. The Hall–Kier alpha value is -1.40. The fraction of sp³-hybridized carbons (Fsp3) is 0.417. The number of nitrogens with zero attached hydrogens (tertiary/aromatic N) is 2. The largest absolute Gasteiger partial charge is 0.342 e. The summed E-state index contributed by atoms with van der Waals surface area (Å²) in [6, 6.07) is 5.97. The Morgan fingerprint density at radius 1 is 1.11 bits per heavy atom. The zero-order valence-corrected chi connectivity index (χ0v) is 11.9. The number of hydrogen-bond acceptors (Lipinski definition) is 3. The highest BCUT2D eigenvalue weighted by atomic mass is 32.2. The molecule has 0 saturated carbocycles. The maximum atomic E-state index is 11.8. The molecule has 0 spiro atoms. The normalized spacial score (nSPS) is 11.6. The number of rotatable bonds is 4. The Morgan fingerprint density at radius 3 is 2.00 bits per heavy atom. The molecule has 1 amide bonds. The molecule has 0 aliphatic heterocycles. The van der Waals surface area contributed by atoms with Crippen LogP contribution in [0.25, 0.3) is 0 Å². The number of carbonyl (C=O) groups is 1. The van der Waals surface area contributed by atoms with Crippen molar-refractivity contribution < 1.29 is 13.2 Å². The lowest BCUT2D eigenvalue weighted by molar-refractivity contribution is 0.0802. The first-order chi connectivity index (χ1) is 8.30. The van der Waals surface area contributed by atoms with Crippen LogP contribution in [-0.2, 0) is 10.0 Å². The Balaban J connectivity index is 3.05. The average molecular weight is 270 g/mol. The zero-order valence-electron chi connectivity index (χ0n) is 11.0. The van der Waals surface area contributed by atoms with Gasteiger partial charge in [-0.1, -0.05) is 0 Å². The highest BCUT2D eigenvalue weighted by molar-refractivity contribution is 7.89.